The Morgan fingerprint density at radius 1 is 0.590 bits per heavy atom. The van der Waals surface area contributed by atoms with Crippen molar-refractivity contribution in [1.29, 1.82) is 0 Å². The Morgan fingerprint density at radius 2 is 1.03 bits per heavy atom. The van der Waals surface area contributed by atoms with E-state index in [9.17, 15) is 0 Å². The van der Waals surface area contributed by atoms with Gasteiger partial charge < -0.3 is 10.6 Å². The highest BCUT2D eigenvalue weighted by Crippen LogP contribution is 2.28. The molecule has 6 heteroatoms. The summed E-state index contributed by atoms with van der Waals surface area (Å²) in [5.41, 5.74) is 3.84. The topological polar surface area (TPSA) is 24.1 Å². The van der Waals surface area contributed by atoms with Gasteiger partial charge in [-0.1, -0.05) is 167 Å². The Labute approximate surface area is 255 Å². The maximum absolute atomic E-state index is 5.86. The summed E-state index contributed by atoms with van der Waals surface area (Å²) in [4.78, 5) is 2.46. The minimum Gasteiger partial charge on any atom is -0.347 e. The Balaban J connectivity index is 1.65. The van der Waals surface area contributed by atoms with Crippen molar-refractivity contribution >= 4 is 56.6 Å². The average molecular weight is 595 g/mol. The number of thioether (sulfide) groups is 2. The second kappa shape index (κ2) is 18.5. The normalized spacial score (nSPS) is 10.9. The highest BCUT2D eigenvalue weighted by atomic mass is 32.2. The van der Waals surface area contributed by atoms with Crippen LogP contribution in [0, 0.1) is 0 Å². The van der Waals surface area contributed by atoms with Crippen molar-refractivity contribution in [1.82, 2.24) is 10.6 Å². The molecule has 0 unspecified atom stereocenters. The molecular weight excluding hydrogens is 553 g/mol. The minimum absolute atomic E-state index is 0.209. The van der Waals surface area contributed by atoms with E-state index in [2.05, 4.69) is 97.3 Å². The van der Waals surface area contributed by atoms with Crippen LogP contribution in [0.25, 0.3) is 0 Å². The van der Waals surface area contributed by atoms with Crippen molar-refractivity contribution in [3.63, 3.8) is 0 Å². The third-order valence-electron chi connectivity index (χ3n) is 6.61. The van der Waals surface area contributed by atoms with Gasteiger partial charge in [-0.25, -0.2) is 0 Å². The summed E-state index contributed by atoms with van der Waals surface area (Å²) in [7, 11) is 0. The van der Waals surface area contributed by atoms with Crippen LogP contribution in [0.1, 0.15) is 88.1 Å². The quantitative estimate of drug-likeness (QED) is 0.0786. The largest absolute Gasteiger partial charge is 0.347 e. The summed E-state index contributed by atoms with van der Waals surface area (Å²) < 4.78 is 1.47. The van der Waals surface area contributed by atoms with E-state index in [1.54, 1.807) is 23.5 Å². The van der Waals surface area contributed by atoms with Gasteiger partial charge in [0.25, 0.3) is 0 Å². The number of thiocarbonyl (C=S) groups is 2. The molecule has 2 N–H and O–H groups in total. The maximum atomic E-state index is 5.86. The molecule has 0 atom stereocenters. The van der Waals surface area contributed by atoms with Crippen molar-refractivity contribution in [3.05, 3.63) is 95.6 Å². The predicted octanol–water partition coefficient (Wildman–Crippen LogP) is 10.3. The van der Waals surface area contributed by atoms with Crippen LogP contribution in [-0.2, 0) is 12.8 Å². The van der Waals surface area contributed by atoms with Crippen LogP contribution in [0.5, 0.6) is 0 Å². The maximum Gasteiger partial charge on any atom is 0.140 e. The summed E-state index contributed by atoms with van der Waals surface area (Å²) in [5, 5.41) is 7.09. The van der Waals surface area contributed by atoms with E-state index in [1.807, 2.05) is 6.07 Å². The highest BCUT2D eigenvalue weighted by Gasteiger charge is 2.17. The third kappa shape index (κ3) is 11.6. The van der Waals surface area contributed by atoms with E-state index in [-0.39, 0.29) is 6.17 Å². The van der Waals surface area contributed by atoms with Gasteiger partial charge in [0.1, 0.15) is 14.8 Å². The lowest BCUT2D eigenvalue weighted by Gasteiger charge is -2.23. The van der Waals surface area contributed by atoms with Crippen molar-refractivity contribution < 1.29 is 0 Å². The standard InChI is InChI=1S/C33H42N2S4/c1-3-5-7-10-18-26-20-14-16-24-29(26)38-32(36)34-31(28-22-12-9-13-23-28)35-33(37)39-30-25-17-15-21-27(30)19-11-8-6-4-2/h9,12-17,20-25,31H,3-8,10-11,18-19H2,1-2H3,(H,34,36)(H,35,37). The number of hydrogen-bond acceptors (Lipinski definition) is 4. The Bertz CT molecular complexity index is 1080. The Kier molecular flexibility index (Phi) is 15.0. The van der Waals surface area contributed by atoms with Crippen molar-refractivity contribution in [2.24, 2.45) is 0 Å². The van der Waals surface area contributed by atoms with Gasteiger partial charge in [-0.05, 0) is 54.5 Å². The molecule has 208 valence electrons. The molecule has 39 heavy (non-hydrogen) atoms. The summed E-state index contributed by atoms with van der Waals surface area (Å²) in [5.74, 6) is 0. The van der Waals surface area contributed by atoms with E-state index in [0.717, 1.165) is 27.0 Å². The predicted molar refractivity (Wildman–Crippen MR) is 181 cm³/mol. The SMILES string of the molecule is CCCCCCc1ccccc1SC(=S)NC(NC(=S)Sc1ccccc1CCCCCC)c1ccccc1. The lowest BCUT2D eigenvalue weighted by Crippen LogP contribution is -2.38. The van der Waals surface area contributed by atoms with E-state index in [1.165, 1.54) is 72.3 Å². The first-order chi connectivity index (χ1) is 19.1. The van der Waals surface area contributed by atoms with Gasteiger partial charge in [0.05, 0.1) is 0 Å². The number of benzene rings is 3. The first-order valence-electron chi connectivity index (χ1n) is 14.3. The molecule has 0 aromatic heterocycles. The van der Waals surface area contributed by atoms with Crippen LogP contribution >= 0.6 is 48.0 Å². The van der Waals surface area contributed by atoms with Gasteiger partial charge >= 0.3 is 0 Å². The van der Waals surface area contributed by atoms with Crippen LogP contribution in [0.2, 0.25) is 0 Å². The molecule has 0 aliphatic rings. The fraction of sp³-hybridized carbons (Fsp3) is 0.394. The molecule has 0 aliphatic carbocycles. The summed E-state index contributed by atoms with van der Waals surface area (Å²) in [6, 6.07) is 27.6. The molecule has 2 nitrogen and oxygen atoms in total. The number of unbranched alkanes of at least 4 members (excludes halogenated alkanes) is 6. The first kappa shape index (κ1) is 31.7. The van der Waals surface area contributed by atoms with Gasteiger partial charge in [0.15, 0.2) is 0 Å². The molecule has 0 aliphatic heterocycles. The van der Waals surface area contributed by atoms with Gasteiger partial charge in [-0.3, -0.25) is 0 Å². The third-order valence-corrected chi connectivity index (χ3v) is 9.19. The molecule has 0 fully saturated rings. The monoisotopic (exact) mass is 594 g/mol. The second-order valence-corrected chi connectivity index (χ2v) is 13.2. The highest BCUT2D eigenvalue weighted by molar-refractivity contribution is 8.23. The molecule has 0 saturated carbocycles. The fourth-order valence-corrected chi connectivity index (χ4v) is 6.87. The second-order valence-electron chi connectivity index (χ2n) is 9.75. The zero-order valence-corrected chi connectivity index (χ0v) is 26.6. The Morgan fingerprint density at radius 3 is 1.49 bits per heavy atom. The smallest absolute Gasteiger partial charge is 0.140 e. The van der Waals surface area contributed by atoms with E-state index < -0.39 is 0 Å². The Hall–Kier alpha value is -1.86. The van der Waals surface area contributed by atoms with Crippen LogP contribution in [0.4, 0.5) is 0 Å². The van der Waals surface area contributed by atoms with Crippen LogP contribution in [0.15, 0.2) is 88.7 Å². The van der Waals surface area contributed by atoms with Crippen LogP contribution < -0.4 is 10.6 Å². The van der Waals surface area contributed by atoms with Crippen molar-refractivity contribution in [3.8, 4) is 0 Å². The van der Waals surface area contributed by atoms with Crippen LogP contribution in [0.3, 0.4) is 0 Å². The number of aryl methyl sites for hydroxylation is 2. The molecule has 0 saturated heterocycles. The minimum atomic E-state index is -0.209. The van der Waals surface area contributed by atoms with E-state index >= 15 is 0 Å². The van der Waals surface area contributed by atoms with E-state index in [0.29, 0.717) is 0 Å². The van der Waals surface area contributed by atoms with Gasteiger partial charge in [0.2, 0.25) is 0 Å². The fourth-order valence-electron chi connectivity index (χ4n) is 4.45. The lowest BCUT2D eigenvalue weighted by atomic mass is 10.1. The molecule has 0 spiro atoms. The molecule has 0 amide bonds. The van der Waals surface area contributed by atoms with Crippen molar-refractivity contribution in [2.75, 3.05) is 0 Å². The molecule has 3 aromatic carbocycles. The molecule has 0 bridgehead atoms. The van der Waals surface area contributed by atoms with Crippen LogP contribution in [-0.4, -0.2) is 8.64 Å². The van der Waals surface area contributed by atoms with Crippen molar-refractivity contribution in [2.45, 2.75) is 94.0 Å². The molecule has 0 radical (unpaired) electrons. The zero-order valence-electron chi connectivity index (χ0n) is 23.3. The number of hydrogen-bond donors (Lipinski definition) is 2. The summed E-state index contributed by atoms with van der Waals surface area (Å²) >= 11 is 15.0. The summed E-state index contributed by atoms with van der Waals surface area (Å²) in [6.45, 7) is 4.51. The molecule has 0 heterocycles. The lowest BCUT2D eigenvalue weighted by molar-refractivity contribution is 0.625. The van der Waals surface area contributed by atoms with Gasteiger partial charge in [-0.15, -0.1) is 0 Å². The molecule has 3 rings (SSSR count). The van der Waals surface area contributed by atoms with Gasteiger partial charge in [-0.2, -0.15) is 0 Å². The molecular formula is C33H42N2S4. The van der Waals surface area contributed by atoms with Gasteiger partial charge in [0, 0.05) is 9.79 Å². The number of nitrogens with one attached hydrogen (secondary N) is 2. The number of rotatable bonds is 15. The zero-order chi connectivity index (χ0) is 27.7. The average Bonchev–Trinajstić information content (AvgIpc) is 2.95. The molecule has 3 aromatic rings. The van der Waals surface area contributed by atoms with E-state index in [4.69, 9.17) is 24.4 Å². The summed E-state index contributed by atoms with van der Waals surface area (Å²) in [6.07, 6.45) is 12.0. The first-order valence-corrected chi connectivity index (χ1v) is 16.7.